The van der Waals surface area contributed by atoms with Gasteiger partial charge in [-0.1, -0.05) is 0 Å². The minimum absolute atomic E-state index is 0.00273. The van der Waals surface area contributed by atoms with Gasteiger partial charge in [-0.05, 0) is 31.5 Å². The lowest BCUT2D eigenvalue weighted by atomic mass is 10.1. The molecular formula is C10H10N2O2. The van der Waals surface area contributed by atoms with E-state index in [0.29, 0.717) is 11.1 Å². The van der Waals surface area contributed by atoms with Crippen molar-refractivity contribution >= 4 is 16.8 Å². The Morgan fingerprint density at radius 1 is 1.29 bits per heavy atom. The standard InChI is InChI=1S/C10H10N2O2/c1-5-3-7(6(2)13)4-8-9(5)12-10(14)11-8/h3-4H,1-2H3,(H2,11,12,14). The number of H-pyrrole nitrogens is 2. The van der Waals surface area contributed by atoms with Crippen molar-refractivity contribution in [2.45, 2.75) is 13.8 Å². The summed E-state index contributed by atoms with van der Waals surface area (Å²) in [7, 11) is 0. The molecule has 2 rings (SSSR count). The number of hydrogen-bond donors (Lipinski definition) is 2. The smallest absolute Gasteiger partial charge is 0.306 e. The molecule has 0 atom stereocenters. The number of fused-ring (bicyclic) bond motifs is 1. The van der Waals surface area contributed by atoms with Crippen LogP contribution in [-0.4, -0.2) is 15.8 Å². The van der Waals surface area contributed by atoms with Crippen LogP contribution in [-0.2, 0) is 0 Å². The number of aryl methyl sites for hydroxylation is 1. The highest BCUT2D eigenvalue weighted by Crippen LogP contribution is 2.15. The lowest BCUT2D eigenvalue weighted by Crippen LogP contribution is -1.99. The largest absolute Gasteiger partial charge is 0.323 e. The van der Waals surface area contributed by atoms with E-state index in [2.05, 4.69) is 9.97 Å². The zero-order chi connectivity index (χ0) is 10.3. The number of hydrogen-bond acceptors (Lipinski definition) is 2. The second-order valence-corrected chi connectivity index (χ2v) is 3.35. The van der Waals surface area contributed by atoms with Crippen molar-refractivity contribution in [1.29, 1.82) is 0 Å². The van der Waals surface area contributed by atoms with Gasteiger partial charge in [0, 0.05) is 5.56 Å². The Hall–Kier alpha value is -1.84. The highest BCUT2D eigenvalue weighted by Gasteiger charge is 2.06. The molecule has 2 N–H and O–H groups in total. The van der Waals surface area contributed by atoms with Crippen molar-refractivity contribution in [2.24, 2.45) is 0 Å². The molecule has 4 nitrogen and oxygen atoms in total. The van der Waals surface area contributed by atoms with Crippen LogP contribution in [0.5, 0.6) is 0 Å². The van der Waals surface area contributed by atoms with Crippen molar-refractivity contribution in [1.82, 2.24) is 9.97 Å². The summed E-state index contributed by atoms with van der Waals surface area (Å²) in [6.45, 7) is 3.37. The fraction of sp³-hybridized carbons (Fsp3) is 0.200. The van der Waals surface area contributed by atoms with Gasteiger partial charge in [0.05, 0.1) is 11.0 Å². The van der Waals surface area contributed by atoms with E-state index in [1.807, 2.05) is 6.92 Å². The molecule has 2 aromatic rings. The summed E-state index contributed by atoms with van der Waals surface area (Å²) in [5.41, 5.74) is 2.71. The van der Waals surface area contributed by atoms with E-state index < -0.39 is 0 Å². The van der Waals surface area contributed by atoms with Gasteiger partial charge in [-0.25, -0.2) is 4.79 Å². The first-order valence-electron chi connectivity index (χ1n) is 4.31. The molecule has 0 fully saturated rings. The molecule has 1 aromatic heterocycles. The fourth-order valence-electron chi connectivity index (χ4n) is 1.52. The first kappa shape index (κ1) is 8.74. The van der Waals surface area contributed by atoms with E-state index >= 15 is 0 Å². The molecule has 0 spiro atoms. The van der Waals surface area contributed by atoms with Crippen LogP contribution in [0.3, 0.4) is 0 Å². The Balaban J connectivity index is 2.84. The molecule has 0 radical (unpaired) electrons. The van der Waals surface area contributed by atoms with E-state index in [-0.39, 0.29) is 11.5 Å². The molecule has 1 heterocycles. The first-order chi connectivity index (χ1) is 6.58. The van der Waals surface area contributed by atoms with Crippen molar-refractivity contribution in [3.8, 4) is 0 Å². The molecule has 0 aliphatic rings. The zero-order valence-corrected chi connectivity index (χ0v) is 7.97. The maximum Gasteiger partial charge on any atom is 0.323 e. The second-order valence-electron chi connectivity index (χ2n) is 3.35. The van der Waals surface area contributed by atoms with E-state index in [0.717, 1.165) is 11.1 Å². The monoisotopic (exact) mass is 190 g/mol. The van der Waals surface area contributed by atoms with Gasteiger partial charge < -0.3 is 9.97 Å². The number of imidazole rings is 1. The lowest BCUT2D eigenvalue weighted by Gasteiger charge is -1.99. The highest BCUT2D eigenvalue weighted by atomic mass is 16.1. The molecule has 0 unspecified atom stereocenters. The van der Waals surface area contributed by atoms with Crippen LogP contribution in [0.2, 0.25) is 0 Å². The Kier molecular flexibility index (Phi) is 1.77. The average molecular weight is 190 g/mol. The third-order valence-corrected chi connectivity index (χ3v) is 2.23. The summed E-state index contributed by atoms with van der Waals surface area (Å²) in [4.78, 5) is 27.5. The second kappa shape index (κ2) is 2.83. The van der Waals surface area contributed by atoms with Gasteiger partial charge in [0.25, 0.3) is 0 Å². The van der Waals surface area contributed by atoms with E-state index in [1.165, 1.54) is 6.92 Å². The summed E-state index contributed by atoms with van der Waals surface area (Å²) in [5.74, 6) is -0.00273. The SMILES string of the molecule is CC(=O)c1cc(C)c2[nH]c(=O)[nH]c2c1. The fourth-order valence-corrected chi connectivity index (χ4v) is 1.52. The molecule has 0 amide bonds. The van der Waals surface area contributed by atoms with Crippen LogP contribution in [0, 0.1) is 6.92 Å². The van der Waals surface area contributed by atoms with Gasteiger partial charge in [0.1, 0.15) is 0 Å². The number of benzene rings is 1. The van der Waals surface area contributed by atoms with Gasteiger partial charge in [-0.15, -0.1) is 0 Å². The van der Waals surface area contributed by atoms with Gasteiger partial charge >= 0.3 is 5.69 Å². The summed E-state index contributed by atoms with van der Waals surface area (Å²) in [6.07, 6.45) is 0. The molecule has 72 valence electrons. The Morgan fingerprint density at radius 2 is 2.00 bits per heavy atom. The van der Waals surface area contributed by atoms with Crippen LogP contribution in [0.1, 0.15) is 22.8 Å². The third-order valence-electron chi connectivity index (χ3n) is 2.23. The van der Waals surface area contributed by atoms with Crippen molar-refractivity contribution in [3.05, 3.63) is 33.7 Å². The third kappa shape index (κ3) is 1.25. The minimum Gasteiger partial charge on any atom is -0.306 e. The van der Waals surface area contributed by atoms with Crippen molar-refractivity contribution in [3.63, 3.8) is 0 Å². The van der Waals surface area contributed by atoms with Gasteiger partial charge in [0.15, 0.2) is 5.78 Å². The molecule has 4 heteroatoms. The lowest BCUT2D eigenvalue weighted by molar-refractivity contribution is 0.101. The zero-order valence-electron chi connectivity index (χ0n) is 7.97. The predicted molar refractivity (Wildman–Crippen MR) is 53.7 cm³/mol. The number of carbonyl (C=O) groups is 1. The van der Waals surface area contributed by atoms with Crippen LogP contribution in [0.15, 0.2) is 16.9 Å². The van der Waals surface area contributed by atoms with Gasteiger partial charge in [-0.2, -0.15) is 0 Å². The number of rotatable bonds is 1. The average Bonchev–Trinajstić information content (AvgIpc) is 2.45. The van der Waals surface area contributed by atoms with Crippen LogP contribution < -0.4 is 5.69 Å². The summed E-state index contributed by atoms with van der Waals surface area (Å²) in [5, 5.41) is 0. The molecule has 0 saturated heterocycles. The predicted octanol–water partition coefficient (Wildman–Crippen LogP) is 1.37. The van der Waals surface area contributed by atoms with Crippen LogP contribution >= 0.6 is 0 Å². The summed E-state index contributed by atoms with van der Waals surface area (Å²) >= 11 is 0. The quantitative estimate of drug-likeness (QED) is 0.667. The highest BCUT2D eigenvalue weighted by molar-refractivity contribution is 5.98. The number of carbonyl (C=O) groups excluding carboxylic acids is 1. The number of aromatic amines is 2. The number of Topliss-reactive ketones (excluding diaryl/α,β-unsaturated/α-hetero) is 1. The van der Waals surface area contributed by atoms with E-state index in [4.69, 9.17) is 0 Å². The van der Waals surface area contributed by atoms with Crippen LogP contribution in [0.4, 0.5) is 0 Å². The molecule has 0 saturated carbocycles. The Labute approximate surface area is 80.0 Å². The van der Waals surface area contributed by atoms with Crippen molar-refractivity contribution in [2.75, 3.05) is 0 Å². The molecule has 0 aliphatic heterocycles. The molecular weight excluding hydrogens is 180 g/mol. The van der Waals surface area contributed by atoms with E-state index in [9.17, 15) is 9.59 Å². The molecule has 0 bridgehead atoms. The van der Waals surface area contributed by atoms with Gasteiger partial charge in [-0.3, -0.25) is 4.79 Å². The maximum atomic E-state index is 11.1. The summed E-state index contributed by atoms with van der Waals surface area (Å²) < 4.78 is 0. The molecule has 1 aromatic carbocycles. The topological polar surface area (TPSA) is 65.7 Å². The molecule has 14 heavy (non-hydrogen) atoms. The number of aromatic nitrogens is 2. The Morgan fingerprint density at radius 3 is 2.64 bits per heavy atom. The Bertz CT molecular complexity index is 563. The number of nitrogens with one attached hydrogen (secondary N) is 2. The van der Waals surface area contributed by atoms with Gasteiger partial charge in [0.2, 0.25) is 0 Å². The summed E-state index contributed by atoms with van der Waals surface area (Å²) in [6, 6.07) is 3.46. The minimum atomic E-state index is -0.246. The van der Waals surface area contributed by atoms with Crippen LogP contribution in [0.25, 0.3) is 11.0 Å². The first-order valence-corrected chi connectivity index (χ1v) is 4.31. The van der Waals surface area contributed by atoms with Crippen molar-refractivity contribution < 1.29 is 4.79 Å². The number of ketones is 1. The normalized spacial score (nSPS) is 10.7. The maximum absolute atomic E-state index is 11.1. The van der Waals surface area contributed by atoms with E-state index in [1.54, 1.807) is 12.1 Å². The molecule has 0 aliphatic carbocycles.